The van der Waals surface area contributed by atoms with Crippen molar-refractivity contribution in [1.82, 2.24) is 0 Å². The molecule has 1 N–H and O–H groups in total. The first-order valence-electron chi connectivity index (χ1n) is 5.21. The molecule has 2 rings (SSSR count). The minimum Gasteiger partial charge on any atom is -0.321 e. The molecule has 0 radical (unpaired) electrons. The Morgan fingerprint density at radius 1 is 1.15 bits per heavy atom. The fourth-order valence-electron chi connectivity index (χ4n) is 1.45. The van der Waals surface area contributed by atoms with E-state index in [2.05, 4.69) is 5.32 Å². The molecule has 20 heavy (non-hydrogen) atoms. The molecule has 2 nitrogen and oxygen atoms in total. The van der Waals surface area contributed by atoms with Crippen molar-refractivity contribution in [2.75, 3.05) is 5.32 Å². The number of carbonyl (C=O) groups excluding carboxylic acids is 1. The van der Waals surface area contributed by atoms with E-state index in [4.69, 9.17) is 23.2 Å². The number of carbonyl (C=O) groups is 1. The highest BCUT2D eigenvalue weighted by molar-refractivity contribution is 7.18. The normalized spacial score (nSPS) is 11.4. The minimum atomic E-state index is -4.58. The molecule has 8 heteroatoms. The van der Waals surface area contributed by atoms with Gasteiger partial charge in [0.2, 0.25) is 0 Å². The standard InChI is InChI=1S/C12H6Cl2F3NOS/c13-8-2-1-6(5-7(8)12(15,16)17)18-11(19)9-3-4-10(14)20-9/h1-5H,(H,18,19). The van der Waals surface area contributed by atoms with Crippen LogP contribution in [0.4, 0.5) is 18.9 Å². The Morgan fingerprint density at radius 2 is 1.85 bits per heavy atom. The summed E-state index contributed by atoms with van der Waals surface area (Å²) in [6, 6.07) is 6.19. The van der Waals surface area contributed by atoms with E-state index in [1.54, 1.807) is 0 Å². The molecular weight excluding hydrogens is 334 g/mol. The van der Waals surface area contributed by atoms with Gasteiger partial charge in [-0.15, -0.1) is 11.3 Å². The number of halogens is 5. The summed E-state index contributed by atoms with van der Waals surface area (Å²) in [6.07, 6.45) is -4.58. The van der Waals surface area contributed by atoms with Crippen LogP contribution in [0.3, 0.4) is 0 Å². The zero-order chi connectivity index (χ0) is 14.9. The zero-order valence-corrected chi connectivity index (χ0v) is 11.9. The Bertz CT molecular complexity index is 654. The third-order valence-electron chi connectivity index (χ3n) is 2.33. The van der Waals surface area contributed by atoms with Crippen LogP contribution in [0.15, 0.2) is 30.3 Å². The number of hydrogen-bond donors (Lipinski definition) is 1. The van der Waals surface area contributed by atoms with Crippen molar-refractivity contribution >= 4 is 46.1 Å². The third-order valence-corrected chi connectivity index (χ3v) is 3.89. The molecule has 1 heterocycles. The predicted molar refractivity (Wildman–Crippen MR) is 73.7 cm³/mol. The van der Waals surface area contributed by atoms with Gasteiger partial charge in [0, 0.05) is 5.69 Å². The Balaban J connectivity index is 2.24. The number of anilines is 1. The van der Waals surface area contributed by atoms with Crippen molar-refractivity contribution in [1.29, 1.82) is 0 Å². The lowest BCUT2D eigenvalue weighted by Gasteiger charge is -2.11. The molecule has 1 aromatic carbocycles. The number of alkyl halides is 3. The van der Waals surface area contributed by atoms with Crippen LogP contribution in [0.25, 0.3) is 0 Å². The van der Waals surface area contributed by atoms with E-state index in [-0.39, 0.29) is 5.69 Å². The van der Waals surface area contributed by atoms with Crippen molar-refractivity contribution in [2.45, 2.75) is 6.18 Å². The van der Waals surface area contributed by atoms with Crippen molar-refractivity contribution in [3.8, 4) is 0 Å². The average Bonchev–Trinajstić information content (AvgIpc) is 2.77. The van der Waals surface area contributed by atoms with Crippen LogP contribution in [0, 0.1) is 0 Å². The van der Waals surface area contributed by atoms with Gasteiger partial charge in [0.15, 0.2) is 0 Å². The lowest BCUT2D eigenvalue weighted by molar-refractivity contribution is -0.137. The highest BCUT2D eigenvalue weighted by atomic mass is 35.5. The first-order valence-corrected chi connectivity index (χ1v) is 6.78. The van der Waals surface area contributed by atoms with E-state index in [1.807, 2.05) is 0 Å². The van der Waals surface area contributed by atoms with Crippen LogP contribution in [0.1, 0.15) is 15.2 Å². The monoisotopic (exact) mass is 339 g/mol. The highest BCUT2D eigenvalue weighted by Crippen LogP contribution is 2.36. The molecule has 0 bridgehead atoms. The minimum absolute atomic E-state index is 0.0104. The van der Waals surface area contributed by atoms with Crippen molar-refractivity contribution in [3.63, 3.8) is 0 Å². The van der Waals surface area contributed by atoms with Crippen LogP contribution < -0.4 is 5.32 Å². The molecular formula is C12H6Cl2F3NOS. The average molecular weight is 340 g/mol. The SMILES string of the molecule is O=C(Nc1ccc(Cl)c(C(F)(F)F)c1)c1ccc(Cl)s1. The molecule has 0 aliphatic carbocycles. The molecule has 0 saturated carbocycles. The summed E-state index contributed by atoms with van der Waals surface area (Å²) in [7, 11) is 0. The van der Waals surface area contributed by atoms with E-state index in [0.717, 1.165) is 23.5 Å². The lowest BCUT2D eigenvalue weighted by atomic mass is 10.2. The quantitative estimate of drug-likeness (QED) is 0.787. The molecule has 0 saturated heterocycles. The highest BCUT2D eigenvalue weighted by Gasteiger charge is 2.33. The summed E-state index contributed by atoms with van der Waals surface area (Å²) in [5.41, 5.74) is -0.988. The molecule has 1 aromatic heterocycles. The van der Waals surface area contributed by atoms with Crippen LogP contribution in [0.5, 0.6) is 0 Å². The summed E-state index contributed by atoms with van der Waals surface area (Å²) in [6.45, 7) is 0. The summed E-state index contributed by atoms with van der Waals surface area (Å²) >= 11 is 12.2. The second-order valence-electron chi connectivity index (χ2n) is 3.75. The number of benzene rings is 1. The molecule has 0 aliphatic rings. The van der Waals surface area contributed by atoms with Crippen molar-refractivity contribution in [3.05, 3.63) is 50.1 Å². The van der Waals surface area contributed by atoms with E-state index >= 15 is 0 Å². The van der Waals surface area contributed by atoms with Crippen molar-refractivity contribution in [2.24, 2.45) is 0 Å². The summed E-state index contributed by atoms with van der Waals surface area (Å²) in [4.78, 5) is 12.1. The first kappa shape index (κ1) is 15.2. The fourth-order valence-corrected chi connectivity index (χ4v) is 2.61. The molecule has 0 spiro atoms. The number of hydrogen-bond acceptors (Lipinski definition) is 2. The maximum atomic E-state index is 12.7. The van der Waals surface area contributed by atoms with E-state index < -0.39 is 22.7 Å². The smallest absolute Gasteiger partial charge is 0.321 e. The molecule has 106 valence electrons. The number of amides is 1. The Hall–Kier alpha value is -1.24. The number of thiophene rings is 1. The van der Waals surface area contributed by atoms with Gasteiger partial charge in [0.05, 0.1) is 19.8 Å². The molecule has 0 unspecified atom stereocenters. The summed E-state index contributed by atoms with van der Waals surface area (Å²) in [5.74, 6) is -0.530. The Labute approximate surface area is 126 Å². The van der Waals surface area contributed by atoms with Crippen LogP contribution >= 0.6 is 34.5 Å². The van der Waals surface area contributed by atoms with Gasteiger partial charge in [-0.1, -0.05) is 23.2 Å². The number of rotatable bonds is 2. The maximum Gasteiger partial charge on any atom is 0.417 e. The van der Waals surface area contributed by atoms with Gasteiger partial charge in [0.1, 0.15) is 0 Å². The van der Waals surface area contributed by atoms with Crippen LogP contribution in [-0.4, -0.2) is 5.91 Å². The predicted octanol–water partition coefficient (Wildman–Crippen LogP) is 5.33. The third kappa shape index (κ3) is 3.45. The summed E-state index contributed by atoms with van der Waals surface area (Å²) in [5, 5.41) is 1.94. The summed E-state index contributed by atoms with van der Waals surface area (Å²) < 4.78 is 38.5. The molecule has 1 amide bonds. The van der Waals surface area contributed by atoms with Crippen LogP contribution in [-0.2, 0) is 6.18 Å². The molecule has 0 atom stereocenters. The van der Waals surface area contributed by atoms with Crippen molar-refractivity contribution < 1.29 is 18.0 Å². The second kappa shape index (κ2) is 5.63. The van der Waals surface area contributed by atoms with Crippen LogP contribution in [0.2, 0.25) is 9.36 Å². The Kier molecular flexibility index (Phi) is 4.27. The fraction of sp³-hybridized carbons (Fsp3) is 0.0833. The molecule has 0 fully saturated rings. The van der Waals surface area contributed by atoms with Gasteiger partial charge in [0.25, 0.3) is 5.91 Å². The van der Waals surface area contributed by atoms with Gasteiger partial charge in [-0.25, -0.2) is 0 Å². The molecule has 0 aliphatic heterocycles. The lowest BCUT2D eigenvalue weighted by Crippen LogP contribution is -2.12. The zero-order valence-electron chi connectivity index (χ0n) is 9.59. The van der Waals surface area contributed by atoms with Gasteiger partial charge in [-0.2, -0.15) is 13.2 Å². The van der Waals surface area contributed by atoms with E-state index in [1.165, 1.54) is 18.2 Å². The van der Waals surface area contributed by atoms with Gasteiger partial charge in [-0.3, -0.25) is 4.79 Å². The van der Waals surface area contributed by atoms with Gasteiger partial charge < -0.3 is 5.32 Å². The Morgan fingerprint density at radius 3 is 2.40 bits per heavy atom. The topological polar surface area (TPSA) is 29.1 Å². The van der Waals surface area contributed by atoms with E-state index in [0.29, 0.717) is 9.21 Å². The second-order valence-corrected chi connectivity index (χ2v) is 5.87. The first-order chi connectivity index (χ1) is 9.27. The number of nitrogens with one attached hydrogen (secondary N) is 1. The van der Waals surface area contributed by atoms with Gasteiger partial charge in [-0.05, 0) is 30.3 Å². The largest absolute Gasteiger partial charge is 0.417 e. The maximum absolute atomic E-state index is 12.7. The van der Waals surface area contributed by atoms with Gasteiger partial charge >= 0.3 is 6.18 Å². The van der Waals surface area contributed by atoms with E-state index in [9.17, 15) is 18.0 Å². The molecule has 2 aromatic rings.